The molecule has 0 radical (unpaired) electrons. The summed E-state index contributed by atoms with van der Waals surface area (Å²) in [6.45, 7) is 0.668. The van der Waals surface area contributed by atoms with Crippen LogP contribution in [0.5, 0.6) is 0 Å². The number of terminal acetylenes is 1. The van der Waals surface area contributed by atoms with Crippen LogP contribution in [0.4, 0.5) is 0 Å². The first-order chi connectivity index (χ1) is 7.77. The minimum Gasteiger partial charge on any atom is -0.378 e. The van der Waals surface area contributed by atoms with Gasteiger partial charge in [0.2, 0.25) is 0 Å². The second-order valence-electron chi connectivity index (χ2n) is 3.91. The summed E-state index contributed by atoms with van der Waals surface area (Å²) >= 11 is 0. The number of hydrogen-bond acceptors (Lipinski definition) is 3. The molecule has 1 rings (SSSR count). The molecular formula is C13H18O3. The summed E-state index contributed by atoms with van der Waals surface area (Å²) < 4.78 is 9.98. The lowest BCUT2D eigenvalue weighted by Crippen LogP contribution is -2.29. The van der Waals surface area contributed by atoms with Crippen LogP contribution in [0.1, 0.15) is 32.1 Å². The number of ether oxygens (including phenoxy) is 2. The van der Waals surface area contributed by atoms with Crippen molar-refractivity contribution in [2.45, 2.75) is 37.7 Å². The van der Waals surface area contributed by atoms with Crippen LogP contribution >= 0.6 is 0 Å². The molecule has 0 bridgehead atoms. The van der Waals surface area contributed by atoms with Crippen molar-refractivity contribution < 1.29 is 14.6 Å². The molecule has 1 aliphatic rings. The Morgan fingerprint density at radius 1 is 1.12 bits per heavy atom. The smallest absolute Gasteiger partial charge is 0.149 e. The number of aliphatic hydroxyl groups is 1. The zero-order valence-electron chi connectivity index (χ0n) is 9.50. The molecule has 0 aromatic heterocycles. The quantitative estimate of drug-likeness (QED) is 0.443. The van der Waals surface area contributed by atoms with Gasteiger partial charge in [-0.1, -0.05) is 24.2 Å². The summed E-state index contributed by atoms with van der Waals surface area (Å²) in [5, 5.41) is 10.0. The summed E-state index contributed by atoms with van der Waals surface area (Å²) in [6.07, 6.45) is 9.84. The second-order valence-corrected chi connectivity index (χ2v) is 3.91. The highest BCUT2D eigenvalue weighted by Gasteiger charge is 2.26. The van der Waals surface area contributed by atoms with Crippen molar-refractivity contribution in [1.82, 2.24) is 0 Å². The molecule has 3 nitrogen and oxygen atoms in total. The van der Waals surface area contributed by atoms with Crippen LogP contribution in [0.3, 0.4) is 0 Å². The lowest BCUT2D eigenvalue weighted by Gasteiger charge is -2.26. The Kier molecular flexibility index (Phi) is 5.96. The van der Waals surface area contributed by atoms with E-state index in [1.54, 1.807) is 0 Å². The molecule has 0 saturated heterocycles. The standard InChI is InChI=1S/C13H18O3/c1-2-10-15-12-16-11-6-9-13(14)7-4-3-5-8-13/h1,14H,3-5,7-8,10-12H2. The van der Waals surface area contributed by atoms with Crippen molar-refractivity contribution in [3.05, 3.63) is 0 Å². The van der Waals surface area contributed by atoms with Crippen LogP contribution in [0, 0.1) is 24.2 Å². The minimum atomic E-state index is -0.790. The number of rotatable bonds is 4. The predicted octanol–water partition coefficient (Wildman–Crippen LogP) is 1.31. The minimum absolute atomic E-state index is 0.150. The van der Waals surface area contributed by atoms with E-state index < -0.39 is 5.60 Å². The summed E-state index contributed by atoms with van der Waals surface area (Å²) in [5.41, 5.74) is -0.790. The molecule has 0 unspecified atom stereocenters. The zero-order chi connectivity index (χ0) is 11.7. The van der Waals surface area contributed by atoms with Gasteiger partial charge in [0.25, 0.3) is 0 Å². The van der Waals surface area contributed by atoms with E-state index in [4.69, 9.17) is 15.9 Å². The number of hydrogen-bond donors (Lipinski definition) is 1. The summed E-state index contributed by atoms with van der Waals surface area (Å²) in [5.74, 6) is 8.03. The van der Waals surface area contributed by atoms with Crippen molar-refractivity contribution >= 4 is 0 Å². The Balaban J connectivity index is 2.14. The van der Waals surface area contributed by atoms with E-state index in [1.807, 2.05) is 0 Å². The fourth-order valence-electron chi connectivity index (χ4n) is 1.71. The maximum atomic E-state index is 10.0. The Morgan fingerprint density at radius 3 is 2.50 bits per heavy atom. The molecule has 0 spiro atoms. The third kappa shape index (κ3) is 5.19. The molecule has 3 heteroatoms. The highest BCUT2D eigenvalue weighted by molar-refractivity contribution is 5.14. The third-order valence-electron chi connectivity index (χ3n) is 2.53. The van der Waals surface area contributed by atoms with Crippen molar-refractivity contribution in [2.75, 3.05) is 20.0 Å². The molecular weight excluding hydrogens is 204 g/mol. The zero-order valence-corrected chi connectivity index (χ0v) is 9.50. The van der Waals surface area contributed by atoms with Gasteiger partial charge in [-0.3, -0.25) is 0 Å². The predicted molar refractivity (Wildman–Crippen MR) is 61.4 cm³/mol. The molecule has 0 heterocycles. The fourth-order valence-corrected chi connectivity index (χ4v) is 1.71. The van der Waals surface area contributed by atoms with Crippen molar-refractivity contribution in [3.8, 4) is 24.2 Å². The van der Waals surface area contributed by atoms with Crippen LogP contribution in [0.25, 0.3) is 0 Å². The van der Waals surface area contributed by atoms with Crippen LogP contribution in [0.15, 0.2) is 0 Å². The normalized spacial score (nSPS) is 18.2. The third-order valence-corrected chi connectivity index (χ3v) is 2.53. The molecule has 1 fully saturated rings. The monoisotopic (exact) mass is 222 g/mol. The SMILES string of the molecule is C#CCOCOCC#CC1(O)CCCCC1. The lowest BCUT2D eigenvalue weighted by atomic mass is 9.85. The van der Waals surface area contributed by atoms with Crippen LogP contribution in [-0.2, 0) is 9.47 Å². The van der Waals surface area contributed by atoms with E-state index in [2.05, 4.69) is 17.8 Å². The van der Waals surface area contributed by atoms with Gasteiger partial charge in [-0.2, -0.15) is 0 Å². The van der Waals surface area contributed by atoms with E-state index in [1.165, 1.54) is 6.42 Å². The average Bonchev–Trinajstić information content (AvgIpc) is 2.29. The summed E-state index contributed by atoms with van der Waals surface area (Å²) in [6, 6.07) is 0. The van der Waals surface area contributed by atoms with Gasteiger partial charge in [0.15, 0.2) is 0 Å². The Morgan fingerprint density at radius 2 is 1.81 bits per heavy atom. The molecule has 0 aliphatic heterocycles. The molecule has 1 saturated carbocycles. The van der Waals surface area contributed by atoms with Gasteiger partial charge in [-0.05, 0) is 25.7 Å². The second kappa shape index (κ2) is 7.30. The first-order valence-corrected chi connectivity index (χ1v) is 5.58. The highest BCUT2D eigenvalue weighted by atomic mass is 16.7. The van der Waals surface area contributed by atoms with E-state index >= 15 is 0 Å². The average molecular weight is 222 g/mol. The first kappa shape index (κ1) is 13.1. The Labute approximate surface area is 97.1 Å². The molecule has 16 heavy (non-hydrogen) atoms. The molecule has 1 aliphatic carbocycles. The molecule has 0 amide bonds. The maximum absolute atomic E-state index is 10.0. The van der Waals surface area contributed by atoms with E-state index in [-0.39, 0.29) is 20.0 Å². The van der Waals surface area contributed by atoms with Gasteiger partial charge in [0.1, 0.15) is 25.6 Å². The summed E-state index contributed by atoms with van der Waals surface area (Å²) in [7, 11) is 0. The summed E-state index contributed by atoms with van der Waals surface area (Å²) in [4.78, 5) is 0. The maximum Gasteiger partial charge on any atom is 0.149 e. The van der Waals surface area contributed by atoms with E-state index in [9.17, 15) is 5.11 Å². The van der Waals surface area contributed by atoms with Crippen LogP contribution < -0.4 is 0 Å². The van der Waals surface area contributed by atoms with Crippen molar-refractivity contribution in [3.63, 3.8) is 0 Å². The largest absolute Gasteiger partial charge is 0.378 e. The van der Waals surface area contributed by atoms with Gasteiger partial charge in [-0.15, -0.1) is 6.42 Å². The molecule has 0 atom stereocenters. The Hall–Kier alpha value is -1.00. The molecule has 1 N–H and O–H groups in total. The first-order valence-electron chi connectivity index (χ1n) is 5.58. The molecule has 0 aromatic rings. The Bertz CT molecular complexity index is 287. The van der Waals surface area contributed by atoms with Gasteiger partial charge >= 0.3 is 0 Å². The van der Waals surface area contributed by atoms with Gasteiger partial charge in [0.05, 0.1) is 0 Å². The molecule has 88 valence electrons. The van der Waals surface area contributed by atoms with Gasteiger partial charge in [-0.25, -0.2) is 0 Å². The lowest BCUT2D eigenvalue weighted by molar-refractivity contribution is -0.0296. The highest BCUT2D eigenvalue weighted by Crippen LogP contribution is 2.26. The van der Waals surface area contributed by atoms with Crippen molar-refractivity contribution in [2.24, 2.45) is 0 Å². The fraction of sp³-hybridized carbons (Fsp3) is 0.692. The molecule has 0 aromatic carbocycles. The van der Waals surface area contributed by atoms with Crippen LogP contribution in [0.2, 0.25) is 0 Å². The van der Waals surface area contributed by atoms with Gasteiger partial charge in [0, 0.05) is 0 Å². The van der Waals surface area contributed by atoms with E-state index in [0.29, 0.717) is 0 Å². The van der Waals surface area contributed by atoms with Crippen LogP contribution in [-0.4, -0.2) is 30.7 Å². The van der Waals surface area contributed by atoms with Crippen molar-refractivity contribution in [1.29, 1.82) is 0 Å². The van der Waals surface area contributed by atoms with Gasteiger partial charge < -0.3 is 14.6 Å². The van der Waals surface area contributed by atoms with E-state index in [0.717, 1.165) is 25.7 Å². The topological polar surface area (TPSA) is 38.7 Å².